The molecule has 6 heteroatoms. The van der Waals surface area contributed by atoms with Crippen molar-refractivity contribution < 1.29 is 18.3 Å². The topological polar surface area (TPSA) is 38.1 Å². The van der Waals surface area contributed by atoms with Gasteiger partial charge >= 0.3 is 6.18 Å². The van der Waals surface area contributed by atoms with Crippen LogP contribution >= 0.6 is 0 Å². The van der Waals surface area contributed by atoms with Gasteiger partial charge in [-0.15, -0.1) is 0 Å². The summed E-state index contributed by atoms with van der Waals surface area (Å²) in [5, 5.41) is 9.39. The van der Waals surface area contributed by atoms with Gasteiger partial charge in [-0.05, 0) is 24.5 Å². The lowest BCUT2D eigenvalue weighted by Crippen LogP contribution is -2.20. The summed E-state index contributed by atoms with van der Waals surface area (Å²) in [6.07, 6.45) is 0.621. The summed E-state index contributed by atoms with van der Waals surface area (Å²) in [6, 6.07) is 5.37. The Balaban J connectivity index is 1.84. The monoisotopic (exact) mass is 310 g/mol. The van der Waals surface area contributed by atoms with Crippen molar-refractivity contribution in [2.24, 2.45) is 0 Å². The molecule has 2 aromatic rings. The number of halogens is 3. The number of rotatable bonds is 3. The van der Waals surface area contributed by atoms with Gasteiger partial charge in [-0.1, -0.05) is 18.2 Å². The van der Waals surface area contributed by atoms with Crippen LogP contribution < -0.4 is 0 Å². The molecule has 3 nitrogen and oxygen atoms in total. The summed E-state index contributed by atoms with van der Waals surface area (Å²) in [5.74, 6) is 0.910. The fourth-order valence-electron chi connectivity index (χ4n) is 2.95. The van der Waals surface area contributed by atoms with Crippen LogP contribution in [0.1, 0.15) is 41.5 Å². The Kier molecular flexibility index (Phi) is 3.95. The summed E-state index contributed by atoms with van der Waals surface area (Å²) in [7, 11) is 0. The van der Waals surface area contributed by atoms with Crippen LogP contribution in [0.4, 0.5) is 13.2 Å². The highest BCUT2D eigenvalue weighted by Crippen LogP contribution is 2.30. The number of aromatic nitrogens is 2. The van der Waals surface area contributed by atoms with Gasteiger partial charge in [0.15, 0.2) is 0 Å². The highest BCUT2D eigenvalue weighted by molar-refractivity contribution is 5.29. The zero-order chi connectivity index (χ0) is 15.7. The number of alkyl halides is 3. The molecule has 0 saturated carbocycles. The van der Waals surface area contributed by atoms with Crippen LogP contribution in [-0.2, 0) is 19.0 Å². The van der Waals surface area contributed by atoms with Crippen LogP contribution in [-0.4, -0.2) is 21.3 Å². The Labute approximate surface area is 126 Å². The van der Waals surface area contributed by atoms with E-state index in [9.17, 15) is 18.3 Å². The molecule has 0 aliphatic carbocycles. The zero-order valence-electron chi connectivity index (χ0n) is 12.0. The van der Waals surface area contributed by atoms with Gasteiger partial charge < -0.3 is 9.67 Å². The van der Waals surface area contributed by atoms with Gasteiger partial charge in [-0.25, -0.2) is 4.98 Å². The van der Waals surface area contributed by atoms with E-state index < -0.39 is 11.7 Å². The third-order valence-corrected chi connectivity index (χ3v) is 4.04. The number of aryl methyl sites for hydroxylation is 1. The Morgan fingerprint density at radius 1 is 1.32 bits per heavy atom. The first-order valence-corrected chi connectivity index (χ1v) is 7.31. The fourth-order valence-corrected chi connectivity index (χ4v) is 2.95. The van der Waals surface area contributed by atoms with E-state index in [1.165, 1.54) is 12.1 Å². The van der Waals surface area contributed by atoms with Crippen molar-refractivity contribution in [3.05, 3.63) is 53.1 Å². The average molecular weight is 310 g/mol. The second-order valence-electron chi connectivity index (χ2n) is 5.66. The van der Waals surface area contributed by atoms with E-state index in [1.807, 2.05) is 10.8 Å². The minimum absolute atomic E-state index is 0.0338. The van der Waals surface area contributed by atoms with Crippen LogP contribution in [0.5, 0.6) is 0 Å². The minimum Gasteiger partial charge on any atom is -0.394 e. The molecule has 2 heterocycles. The molecule has 3 rings (SSSR count). The SMILES string of the molecule is OCC1CCCc2nc(Cc3cccc(C(F)(F)F)c3)cn21. The number of nitrogens with zero attached hydrogens (tertiary/aromatic N) is 2. The average Bonchev–Trinajstić information content (AvgIpc) is 2.88. The molecule has 0 spiro atoms. The molecular formula is C16H17F3N2O. The number of aliphatic hydroxyl groups excluding tert-OH is 1. The standard InChI is InChI=1S/C16H17F3N2O/c17-16(18,19)12-4-1-3-11(7-12)8-13-9-21-14(10-22)5-2-6-15(21)20-13/h1,3-4,7,9,14,22H,2,5-6,8,10H2. The summed E-state index contributed by atoms with van der Waals surface area (Å²) in [4.78, 5) is 4.51. The largest absolute Gasteiger partial charge is 0.416 e. The van der Waals surface area contributed by atoms with Gasteiger partial charge in [-0.3, -0.25) is 0 Å². The van der Waals surface area contributed by atoms with E-state index in [0.717, 1.165) is 36.8 Å². The lowest BCUT2D eigenvalue weighted by molar-refractivity contribution is -0.137. The van der Waals surface area contributed by atoms with Crippen molar-refractivity contribution in [1.29, 1.82) is 0 Å². The van der Waals surface area contributed by atoms with E-state index in [-0.39, 0.29) is 12.6 Å². The van der Waals surface area contributed by atoms with Crippen molar-refractivity contribution >= 4 is 0 Å². The summed E-state index contributed by atoms with van der Waals surface area (Å²) < 4.78 is 40.2. The maximum atomic E-state index is 12.7. The predicted molar refractivity (Wildman–Crippen MR) is 75.5 cm³/mol. The van der Waals surface area contributed by atoms with Gasteiger partial charge in [0.2, 0.25) is 0 Å². The summed E-state index contributed by atoms with van der Waals surface area (Å²) in [5.41, 5.74) is 0.697. The van der Waals surface area contributed by atoms with Crippen molar-refractivity contribution in [2.45, 2.75) is 37.9 Å². The predicted octanol–water partition coefficient (Wildman–Crippen LogP) is 3.36. The van der Waals surface area contributed by atoms with Crippen molar-refractivity contribution in [2.75, 3.05) is 6.61 Å². The minimum atomic E-state index is -4.33. The number of aliphatic hydroxyl groups is 1. The molecular weight excluding hydrogens is 293 g/mol. The molecule has 1 unspecified atom stereocenters. The highest BCUT2D eigenvalue weighted by Gasteiger charge is 2.30. The maximum absolute atomic E-state index is 12.7. The fraction of sp³-hybridized carbons (Fsp3) is 0.438. The molecule has 0 amide bonds. The molecule has 1 aromatic heterocycles. The molecule has 0 radical (unpaired) electrons. The van der Waals surface area contributed by atoms with E-state index in [4.69, 9.17) is 0 Å². The van der Waals surface area contributed by atoms with Crippen LogP contribution in [0.3, 0.4) is 0 Å². The molecule has 0 bridgehead atoms. The van der Waals surface area contributed by atoms with E-state index >= 15 is 0 Å². The van der Waals surface area contributed by atoms with Crippen LogP contribution in [0, 0.1) is 0 Å². The number of fused-ring (bicyclic) bond motifs is 1. The van der Waals surface area contributed by atoms with Gasteiger partial charge in [0.25, 0.3) is 0 Å². The number of imidazole rings is 1. The first kappa shape index (κ1) is 15.1. The third kappa shape index (κ3) is 3.02. The van der Waals surface area contributed by atoms with Crippen LogP contribution in [0.2, 0.25) is 0 Å². The van der Waals surface area contributed by atoms with E-state index in [0.29, 0.717) is 12.0 Å². The van der Waals surface area contributed by atoms with Crippen molar-refractivity contribution in [1.82, 2.24) is 9.55 Å². The summed E-state index contributed by atoms with van der Waals surface area (Å²) in [6.45, 7) is 0.0619. The van der Waals surface area contributed by atoms with E-state index in [1.54, 1.807) is 6.07 Å². The Morgan fingerprint density at radius 2 is 2.14 bits per heavy atom. The molecule has 1 aliphatic heterocycles. The number of hydrogen-bond donors (Lipinski definition) is 1. The second-order valence-corrected chi connectivity index (χ2v) is 5.66. The normalized spacial score (nSPS) is 18.3. The van der Waals surface area contributed by atoms with Gasteiger partial charge in [0.05, 0.1) is 23.9 Å². The molecule has 1 aromatic carbocycles. The number of hydrogen-bond acceptors (Lipinski definition) is 2. The summed E-state index contributed by atoms with van der Waals surface area (Å²) >= 11 is 0. The van der Waals surface area contributed by atoms with Crippen LogP contribution in [0.15, 0.2) is 30.5 Å². The molecule has 22 heavy (non-hydrogen) atoms. The lowest BCUT2D eigenvalue weighted by atomic mass is 10.1. The number of benzene rings is 1. The van der Waals surface area contributed by atoms with Crippen molar-refractivity contribution in [3.8, 4) is 0 Å². The Morgan fingerprint density at radius 3 is 2.86 bits per heavy atom. The highest BCUT2D eigenvalue weighted by atomic mass is 19.4. The second kappa shape index (κ2) is 5.76. The molecule has 1 N–H and O–H groups in total. The first-order chi connectivity index (χ1) is 10.5. The maximum Gasteiger partial charge on any atom is 0.416 e. The molecule has 1 atom stereocenters. The van der Waals surface area contributed by atoms with Crippen LogP contribution in [0.25, 0.3) is 0 Å². The quantitative estimate of drug-likeness (QED) is 0.944. The van der Waals surface area contributed by atoms with E-state index in [2.05, 4.69) is 4.98 Å². The smallest absolute Gasteiger partial charge is 0.394 e. The lowest BCUT2D eigenvalue weighted by Gasteiger charge is -2.22. The Hall–Kier alpha value is -1.82. The molecule has 118 valence electrons. The zero-order valence-corrected chi connectivity index (χ0v) is 12.0. The van der Waals surface area contributed by atoms with Gasteiger partial charge in [0.1, 0.15) is 5.82 Å². The Bertz CT molecular complexity index is 664. The molecule has 1 aliphatic rings. The molecule has 0 saturated heterocycles. The van der Waals surface area contributed by atoms with Gasteiger partial charge in [-0.2, -0.15) is 13.2 Å². The van der Waals surface area contributed by atoms with Crippen molar-refractivity contribution in [3.63, 3.8) is 0 Å². The van der Waals surface area contributed by atoms with Gasteiger partial charge in [0, 0.05) is 19.0 Å². The molecule has 0 fully saturated rings. The third-order valence-electron chi connectivity index (χ3n) is 4.04. The first-order valence-electron chi connectivity index (χ1n) is 7.31.